The van der Waals surface area contributed by atoms with Crippen LogP contribution in [-0.2, 0) is 0 Å². The smallest absolute Gasteiger partial charge is 0.264 e. The van der Waals surface area contributed by atoms with Gasteiger partial charge in [-0.25, -0.2) is 14.2 Å². The number of likely N-dealkylation sites (tertiary alicyclic amines) is 1. The predicted molar refractivity (Wildman–Crippen MR) is 123 cm³/mol. The Morgan fingerprint density at radius 3 is 2.91 bits per heavy atom. The number of benzene rings is 1. The molecule has 1 aliphatic rings. The molecule has 0 bridgehead atoms. The molecule has 5 rings (SSSR count). The summed E-state index contributed by atoms with van der Waals surface area (Å²) in [4.78, 5) is 23.9. The van der Waals surface area contributed by atoms with Gasteiger partial charge >= 0.3 is 0 Å². The fourth-order valence-corrected chi connectivity index (χ4v) is 5.25. The third-order valence-electron chi connectivity index (χ3n) is 5.74. The molecule has 1 saturated heterocycles. The van der Waals surface area contributed by atoms with Gasteiger partial charge in [0.2, 0.25) is 5.69 Å². The van der Waals surface area contributed by atoms with Crippen LogP contribution in [0.25, 0.3) is 31.9 Å². The number of rotatable bonds is 3. The molecule has 0 saturated carbocycles. The summed E-state index contributed by atoms with van der Waals surface area (Å²) in [6, 6.07) is 10.3. The highest BCUT2D eigenvalue weighted by atomic mass is 32.1. The van der Waals surface area contributed by atoms with Crippen LogP contribution in [0.3, 0.4) is 0 Å². The first kappa shape index (κ1) is 20.4. The largest absolute Gasteiger partial charge is 0.336 e. The number of nitrogens with two attached hydrogens (primary N) is 1. The lowest BCUT2D eigenvalue weighted by Crippen LogP contribution is -2.45. The number of thiophene rings is 1. The van der Waals surface area contributed by atoms with Crippen molar-refractivity contribution in [1.82, 2.24) is 14.3 Å². The molecule has 1 aliphatic heterocycles. The molecule has 160 valence electrons. The Balaban J connectivity index is 1.62. The lowest BCUT2D eigenvalue weighted by Gasteiger charge is -2.30. The Morgan fingerprint density at radius 1 is 1.25 bits per heavy atom. The summed E-state index contributed by atoms with van der Waals surface area (Å²) in [6.07, 6.45) is 7.21. The molecule has 0 spiro atoms. The van der Waals surface area contributed by atoms with Crippen molar-refractivity contribution in [2.75, 3.05) is 13.1 Å². The maximum Gasteiger partial charge on any atom is 0.264 e. The van der Waals surface area contributed by atoms with Crippen LogP contribution in [-0.4, -0.2) is 39.3 Å². The summed E-state index contributed by atoms with van der Waals surface area (Å²) in [5.74, 6) is -0.628. The van der Waals surface area contributed by atoms with E-state index in [9.17, 15) is 9.18 Å². The van der Waals surface area contributed by atoms with Crippen LogP contribution < -0.4 is 5.73 Å². The summed E-state index contributed by atoms with van der Waals surface area (Å²) in [6.45, 7) is 8.33. The second-order valence-electron chi connectivity index (χ2n) is 7.93. The van der Waals surface area contributed by atoms with Crippen molar-refractivity contribution in [3.63, 3.8) is 0 Å². The van der Waals surface area contributed by atoms with E-state index in [0.717, 1.165) is 34.4 Å². The van der Waals surface area contributed by atoms with E-state index in [0.29, 0.717) is 23.5 Å². The summed E-state index contributed by atoms with van der Waals surface area (Å²) in [7, 11) is 0. The number of fused-ring (bicyclic) bond motifs is 1. The van der Waals surface area contributed by atoms with Gasteiger partial charge < -0.3 is 15.0 Å². The van der Waals surface area contributed by atoms with Crippen LogP contribution in [0.4, 0.5) is 10.1 Å². The molecule has 1 amide bonds. The lowest BCUT2D eigenvalue weighted by atomic mass is 10.0. The van der Waals surface area contributed by atoms with E-state index in [1.54, 1.807) is 23.5 Å². The molecular formula is C24H20FN5OS. The molecule has 32 heavy (non-hydrogen) atoms. The molecule has 4 heterocycles. The third kappa shape index (κ3) is 3.66. The van der Waals surface area contributed by atoms with E-state index < -0.39 is 5.82 Å². The molecule has 0 aliphatic carbocycles. The summed E-state index contributed by atoms with van der Waals surface area (Å²) in [5.41, 5.74) is 9.29. The minimum atomic E-state index is -0.573. The number of aromatic nitrogens is 2. The van der Waals surface area contributed by atoms with Gasteiger partial charge in [0.1, 0.15) is 5.82 Å². The van der Waals surface area contributed by atoms with Crippen LogP contribution in [0.15, 0.2) is 55.1 Å². The Labute approximate surface area is 188 Å². The Bertz CT molecular complexity index is 1370. The molecule has 8 heteroatoms. The molecule has 6 nitrogen and oxygen atoms in total. The first-order valence-corrected chi connectivity index (χ1v) is 11.1. The van der Waals surface area contributed by atoms with Crippen molar-refractivity contribution in [1.29, 1.82) is 0 Å². The Morgan fingerprint density at radius 2 is 2.12 bits per heavy atom. The number of hydrogen-bond acceptors (Lipinski definition) is 4. The van der Waals surface area contributed by atoms with Crippen LogP contribution in [0, 0.1) is 12.4 Å². The lowest BCUT2D eigenvalue weighted by molar-refractivity contribution is 0.0714. The van der Waals surface area contributed by atoms with Gasteiger partial charge in [-0.1, -0.05) is 12.1 Å². The molecule has 0 radical (unpaired) electrons. The van der Waals surface area contributed by atoms with Crippen molar-refractivity contribution in [3.05, 3.63) is 77.2 Å². The number of pyridine rings is 1. The molecule has 1 fully saturated rings. The Kier molecular flexibility index (Phi) is 5.21. The molecule has 4 aromatic rings. The highest BCUT2D eigenvalue weighted by Crippen LogP contribution is 2.41. The highest BCUT2D eigenvalue weighted by Gasteiger charge is 2.25. The fourth-order valence-electron chi connectivity index (χ4n) is 4.10. The molecule has 3 aromatic heterocycles. The number of imidazole rings is 1. The van der Waals surface area contributed by atoms with Crippen LogP contribution in [0.2, 0.25) is 0 Å². The average Bonchev–Trinajstić information content (AvgIpc) is 3.45. The quantitative estimate of drug-likeness (QED) is 0.452. The maximum atomic E-state index is 14.4. The zero-order valence-electron chi connectivity index (χ0n) is 17.2. The average molecular weight is 446 g/mol. The van der Waals surface area contributed by atoms with Gasteiger partial charge in [0, 0.05) is 35.8 Å². The summed E-state index contributed by atoms with van der Waals surface area (Å²) in [5, 5.41) is 0. The number of carbonyl (C=O) groups is 1. The zero-order valence-corrected chi connectivity index (χ0v) is 18.0. The second-order valence-corrected chi connectivity index (χ2v) is 8.98. The van der Waals surface area contributed by atoms with Gasteiger partial charge in [0.05, 0.1) is 29.5 Å². The van der Waals surface area contributed by atoms with Crippen molar-refractivity contribution in [2.24, 2.45) is 5.73 Å². The first-order valence-electron chi connectivity index (χ1n) is 10.3. The van der Waals surface area contributed by atoms with Gasteiger partial charge in [-0.15, -0.1) is 11.3 Å². The van der Waals surface area contributed by atoms with Gasteiger partial charge in [-0.3, -0.25) is 4.79 Å². The van der Waals surface area contributed by atoms with Crippen LogP contribution in [0.1, 0.15) is 22.5 Å². The van der Waals surface area contributed by atoms with Gasteiger partial charge in [0.25, 0.3) is 5.91 Å². The molecule has 1 atom stereocenters. The normalized spacial score (nSPS) is 16.3. The fraction of sp³-hybridized carbons (Fsp3) is 0.208. The Hall–Kier alpha value is -3.54. The number of nitrogens with zero attached hydrogens (tertiary/aromatic N) is 4. The van der Waals surface area contributed by atoms with Crippen molar-refractivity contribution in [3.8, 4) is 21.6 Å². The van der Waals surface area contributed by atoms with E-state index in [2.05, 4.69) is 9.83 Å². The van der Waals surface area contributed by atoms with Crippen LogP contribution >= 0.6 is 11.3 Å². The van der Waals surface area contributed by atoms with Crippen molar-refractivity contribution >= 4 is 28.4 Å². The summed E-state index contributed by atoms with van der Waals surface area (Å²) >= 11 is 1.39. The van der Waals surface area contributed by atoms with E-state index >= 15 is 0 Å². The standard InChI is InChI=1S/C24H20FN5OS/c1-27-21-5-4-15(10-20(21)25)19-11-22(24(31)29-7-2-3-17(26)13-29)32-23(19)16-6-8-30-14-28-12-18(30)9-16/h4-6,8-12,14,17H,2-3,7,13,26H2/t17-/m1/s1. The highest BCUT2D eigenvalue weighted by molar-refractivity contribution is 7.18. The molecule has 0 unspecified atom stereocenters. The molecular weight excluding hydrogens is 425 g/mol. The maximum absolute atomic E-state index is 14.4. The summed E-state index contributed by atoms with van der Waals surface area (Å²) < 4.78 is 16.3. The van der Waals surface area contributed by atoms with Gasteiger partial charge in [0.15, 0.2) is 0 Å². The van der Waals surface area contributed by atoms with E-state index in [1.165, 1.54) is 23.5 Å². The zero-order chi connectivity index (χ0) is 22.2. The van der Waals surface area contributed by atoms with Crippen molar-refractivity contribution in [2.45, 2.75) is 18.9 Å². The van der Waals surface area contributed by atoms with Crippen LogP contribution in [0.5, 0.6) is 0 Å². The minimum Gasteiger partial charge on any atom is -0.336 e. The third-order valence-corrected chi connectivity index (χ3v) is 6.92. The first-order chi connectivity index (χ1) is 15.5. The number of amides is 1. The van der Waals surface area contributed by atoms with E-state index in [1.807, 2.05) is 28.8 Å². The molecule has 2 N–H and O–H groups in total. The van der Waals surface area contributed by atoms with Gasteiger partial charge in [-0.05, 0) is 48.2 Å². The number of halogens is 1. The second kappa shape index (κ2) is 8.19. The SMILES string of the molecule is [C-]#[N+]c1ccc(-c2cc(C(=O)N3CCC[C@@H](N)C3)sc2-c2ccn3cncc3c2)cc1F. The van der Waals surface area contributed by atoms with E-state index in [4.69, 9.17) is 12.3 Å². The van der Waals surface area contributed by atoms with Crippen molar-refractivity contribution < 1.29 is 9.18 Å². The number of carbonyl (C=O) groups excluding carboxylic acids is 1. The van der Waals surface area contributed by atoms with Gasteiger partial charge in [-0.2, -0.15) is 0 Å². The predicted octanol–water partition coefficient (Wildman–Crippen LogP) is 4.98. The molecule has 1 aromatic carbocycles. The topological polar surface area (TPSA) is 68.0 Å². The minimum absolute atomic E-state index is 0.00821. The number of hydrogen-bond donors (Lipinski definition) is 1. The monoisotopic (exact) mass is 445 g/mol. The number of piperidine rings is 1. The van der Waals surface area contributed by atoms with E-state index in [-0.39, 0.29) is 17.6 Å².